The predicted molar refractivity (Wildman–Crippen MR) is 122 cm³/mol. The van der Waals surface area contributed by atoms with Gasteiger partial charge in [-0.3, -0.25) is 4.79 Å². The highest BCUT2D eigenvalue weighted by atomic mass is 16.5. The zero-order chi connectivity index (χ0) is 22.1. The van der Waals surface area contributed by atoms with Crippen LogP contribution in [0.2, 0.25) is 0 Å². The molecule has 4 nitrogen and oxygen atoms in total. The van der Waals surface area contributed by atoms with Gasteiger partial charge >= 0.3 is 0 Å². The number of nitrogens with one attached hydrogen (secondary N) is 1. The molecule has 1 aromatic rings. The minimum Gasteiger partial charge on any atom is -0.508 e. The van der Waals surface area contributed by atoms with E-state index in [1.54, 1.807) is 6.92 Å². The molecule has 3 rings (SSSR count). The molecule has 1 aliphatic carbocycles. The fourth-order valence-electron chi connectivity index (χ4n) is 5.25. The summed E-state index contributed by atoms with van der Waals surface area (Å²) in [6, 6.07) is 4.11. The number of allylic oxidation sites excluding steroid dienone is 2. The summed E-state index contributed by atoms with van der Waals surface area (Å²) in [6.07, 6.45) is 9.72. The Morgan fingerprint density at radius 3 is 2.67 bits per heavy atom. The Bertz CT molecular complexity index is 822. The van der Waals surface area contributed by atoms with Gasteiger partial charge < -0.3 is 15.2 Å². The largest absolute Gasteiger partial charge is 0.508 e. The number of hydrogen-bond acceptors (Lipinski definition) is 3. The first kappa shape index (κ1) is 22.7. The van der Waals surface area contributed by atoms with Crippen LogP contribution in [0.15, 0.2) is 23.9 Å². The number of benzene rings is 1. The van der Waals surface area contributed by atoms with E-state index in [-0.39, 0.29) is 28.8 Å². The van der Waals surface area contributed by atoms with Crippen molar-refractivity contribution in [1.29, 1.82) is 0 Å². The van der Waals surface area contributed by atoms with Crippen molar-refractivity contribution in [3.63, 3.8) is 0 Å². The van der Waals surface area contributed by atoms with E-state index in [0.717, 1.165) is 41.8 Å². The minimum absolute atomic E-state index is 0.0155. The van der Waals surface area contributed by atoms with Crippen molar-refractivity contribution in [2.45, 2.75) is 103 Å². The van der Waals surface area contributed by atoms with Gasteiger partial charge in [0.25, 0.3) is 0 Å². The molecule has 0 spiro atoms. The lowest BCUT2D eigenvalue weighted by molar-refractivity contribution is -0.118. The maximum absolute atomic E-state index is 11.6. The number of phenols is 1. The number of carbonyl (C=O) groups is 1. The zero-order valence-electron chi connectivity index (χ0n) is 19.6. The van der Waals surface area contributed by atoms with E-state index in [0.29, 0.717) is 5.75 Å². The third kappa shape index (κ3) is 4.68. The summed E-state index contributed by atoms with van der Waals surface area (Å²) >= 11 is 0. The number of ether oxygens (including phenoxy) is 1. The summed E-state index contributed by atoms with van der Waals surface area (Å²) in [5.41, 5.74) is 2.65. The fraction of sp³-hybridized carbons (Fsp3) is 0.654. The van der Waals surface area contributed by atoms with Gasteiger partial charge in [-0.05, 0) is 56.2 Å². The van der Waals surface area contributed by atoms with Crippen LogP contribution in [-0.4, -0.2) is 16.6 Å². The van der Waals surface area contributed by atoms with Crippen molar-refractivity contribution in [2.24, 2.45) is 5.92 Å². The molecule has 0 radical (unpaired) electrons. The van der Waals surface area contributed by atoms with Gasteiger partial charge in [-0.25, -0.2) is 0 Å². The van der Waals surface area contributed by atoms with Crippen molar-refractivity contribution < 1.29 is 14.6 Å². The highest BCUT2D eigenvalue weighted by Crippen LogP contribution is 2.54. The van der Waals surface area contributed by atoms with Crippen LogP contribution < -0.4 is 10.1 Å². The molecule has 0 saturated carbocycles. The van der Waals surface area contributed by atoms with Crippen LogP contribution in [-0.2, 0) is 10.2 Å². The SMILES string of the molecule is CCCCCCC(C)(C)c1cc(O)c2c(c1)OC(C)(C)[C@@H]1CC=C(NC(C)=O)C[C@@H]21. The maximum Gasteiger partial charge on any atom is 0.220 e. The number of fused-ring (bicyclic) bond motifs is 3. The average molecular weight is 414 g/mol. The molecule has 30 heavy (non-hydrogen) atoms. The molecule has 0 aromatic heterocycles. The lowest BCUT2D eigenvalue weighted by atomic mass is 9.67. The Hall–Kier alpha value is -1.97. The molecule has 4 heteroatoms. The smallest absolute Gasteiger partial charge is 0.220 e. The molecule has 166 valence electrons. The molecule has 2 N–H and O–H groups in total. The average Bonchev–Trinajstić information content (AvgIpc) is 2.63. The molecule has 0 bridgehead atoms. The maximum atomic E-state index is 11.6. The monoisotopic (exact) mass is 413 g/mol. The molecular weight excluding hydrogens is 374 g/mol. The van der Waals surface area contributed by atoms with E-state index >= 15 is 0 Å². The standard InChI is InChI=1S/C26H39NO3/c1-7-8-9-10-13-25(3,4)18-14-22(29)24-20-16-19(27-17(2)28)11-12-21(20)26(5,6)30-23(24)15-18/h11,14-15,20-21,29H,7-10,12-13,16H2,1-6H3,(H,27,28)/t20-,21-/m1/s1. The summed E-state index contributed by atoms with van der Waals surface area (Å²) < 4.78 is 6.49. The Kier molecular flexibility index (Phi) is 6.54. The van der Waals surface area contributed by atoms with Crippen LogP contribution in [0.3, 0.4) is 0 Å². The minimum atomic E-state index is -0.327. The number of unbranched alkanes of at least 4 members (excludes halogenated alkanes) is 3. The Morgan fingerprint density at radius 1 is 1.27 bits per heavy atom. The number of phenolic OH excluding ortho intramolecular Hbond substituents is 1. The van der Waals surface area contributed by atoms with Gasteiger partial charge in [0.05, 0.1) is 0 Å². The third-order valence-corrected chi connectivity index (χ3v) is 7.07. The first-order valence-corrected chi connectivity index (χ1v) is 11.6. The van der Waals surface area contributed by atoms with Crippen molar-refractivity contribution in [1.82, 2.24) is 5.32 Å². The van der Waals surface area contributed by atoms with Crippen LogP contribution in [0.5, 0.6) is 11.5 Å². The molecule has 0 saturated heterocycles. The van der Waals surface area contributed by atoms with Gasteiger partial charge in [-0.1, -0.05) is 52.5 Å². The summed E-state index contributed by atoms with van der Waals surface area (Å²) in [4.78, 5) is 11.6. The molecule has 1 amide bonds. The van der Waals surface area contributed by atoms with Crippen LogP contribution in [0.1, 0.15) is 104 Å². The summed E-state index contributed by atoms with van der Waals surface area (Å²) in [6.45, 7) is 12.6. The lowest BCUT2D eigenvalue weighted by Gasteiger charge is -2.47. The zero-order valence-corrected chi connectivity index (χ0v) is 19.6. The molecule has 2 atom stereocenters. The number of aromatic hydroxyl groups is 1. The molecular formula is C26H39NO3. The van der Waals surface area contributed by atoms with E-state index in [1.807, 2.05) is 6.07 Å². The van der Waals surface area contributed by atoms with Crippen LogP contribution in [0.25, 0.3) is 0 Å². The molecule has 1 aliphatic heterocycles. The molecule has 0 fully saturated rings. The number of amides is 1. The van der Waals surface area contributed by atoms with Crippen LogP contribution in [0, 0.1) is 5.92 Å². The van der Waals surface area contributed by atoms with E-state index < -0.39 is 0 Å². The highest BCUT2D eigenvalue weighted by Gasteiger charge is 2.46. The Balaban J connectivity index is 1.92. The second-order valence-electron chi connectivity index (χ2n) is 10.4. The Labute approximate surface area is 182 Å². The fourth-order valence-corrected chi connectivity index (χ4v) is 5.25. The van der Waals surface area contributed by atoms with Crippen molar-refractivity contribution in [3.05, 3.63) is 35.0 Å². The summed E-state index contributed by atoms with van der Waals surface area (Å²) in [5.74, 6) is 1.50. The Morgan fingerprint density at radius 2 is 2.00 bits per heavy atom. The normalized spacial score (nSPS) is 22.4. The first-order valence-electron chi connectivity index (χ1n) is 11.6. The van der Waals surface area contributed by atoms with Crippen LogP contribution >= 0.6 is 0 Å². The molecule has 2 aliphatic rings. The van der Waals surface area contributed by atoms with E-state index in [2.05, 4.69) is 52.1 Å². The topological polar surface area (TPSA) is 58.6 Å². The van der Waals surface area contributed by atoms with Gasteiger partial charge in [0.1, 0.15) is 17.1 Å². The lowest BCUT2D eigenvalue weighted by Crippen LogP contribution is -2.46. The summed E-state index contributed by atoms with van der Waals surface area (Å²) in [5, 5.41) is 14.1. The summed E-state index contributed by atoms with van der Waals surface area (Å²) in [7, 11) is 0. The predicted octanol–water partition coefficient (Wildman–Crippen LogP) is 6.32. The van der Waals surface area contributed by atoms with Gasteiger partial charge in [0.2, 0.25) is 5.91 Å². The van der Waals surface area contributed by atoms with Gasteiger partial charge in [-0.15, -0.1) is 0 Å². The van der Waals surface area contributed by atoms with Gasteiger partial charge in [0.15, 0.2) is 0 Å². The first-order chi connectivity index (χ1) is 14.0. The van der Waals surface area contributed by atoms with E-state index in [1.165, 1.54) is 25.7 Å². The van der Waals surface area contributed by atoms with E-state index in [9.17, 15) is 9.90 Å². The van der Waals surface area contributed by atoms with Gasteiger partial charge in [0, 0.05) is 30.0 Å². The number of hydrogen-bond donors (Lipinski definition) is 2. The van der Waals surface area contributed by atoms with E-state index in [4.69, 9.17) is 4.74 Å². The molecule has 1 aromatic carbocycles. The third-order valence-electron chi connectivity index (χ3n) is 7.07. The number of carbonyl (C=O) groups excluding carboxylic acids is 1. The molecule has 0 unspecified atom stereocenters. The van der Waals surface area contributed by atoms with Crippen LogP contribution in [0.4, 0.5) is 0 Å². The van der Waals surface area contributed by atoms with Crippen molar-refractivity contribution >= 4 is 5.91 Å². The van der Waals surface area contributed by atoms with Crippen molar-refractivity contribution in [3.8, 4) is 11.5 Å². The number of rotatable bonds is 7. The second-order valence-corrected chi connectivity index (χ2v) is 10.4. The quantitative estimate of drug-likeness (QED) is 0.514. The van der Waals surface area contributed by atoms with Crippen molar-refractivity contribution in [2.75, 3.05) is 0 Å². The molecule has 1 heterocycles. The van der Waals surface area contributed by atoms with Gasteiger partial charge in [-0.2, -0.15) is 0 Å². The second kappa shape index (κ2) is 8.64. The highest BCUT2D eigenvalue weighted by molar-refractivity contribution is 5.75.